The molecule has 2 rings (SSSR count). The Labute approximate surface area is 125 Å². The number of benzene rings is 1. The van der Waals surface area contributed by atoms with E-state index in [1.807, 2.05) is 30.9 Å². The highest BCUT2D eigenvalue weighted by Gasteiger charge is 2.21. The minimum absolute atomic E-state index is 0.0581. The number of carbonyl (C=O) groups excluding carboxylic acids is 1. The Morgan fingerprint density at radius 3 is 2.40 bits per heavy atom. The van der Waals surface area contributed by atoms with E-state index in [1.165, 1.54) is 4.90 Å². The zero-order chi connectivity index (χ0) is 14.7. The number of piperazine rings is 1. The highest BCUT2D eigenvalue weighted by atomic mass is 35.5. The first-order chi connectivity index (χ1) is 9.47. The minimum atomic E-state index is 0.0581. The molecule has 20 heavy (non-hydrogen) atoms. The Kier molecular flexibility index (Phi) is 4.89. The fraction of sp³-hybridized carbons (Fsp3) is 0.533. The molecule has 1 aromatic rings. The Balaban J connectivity index is 1.90. The molecular formula is C15H22ClN2O2+. The molecule has 4 nitrogen and oxygen atoms in total. The lowest BCUT2D eigenvalue weighted by Gasteiger charge is -2.30. The van der Waals surface area contributed by atoms with E-state index in [9.17, 15) is 4.79 Å². The van der Waals surface area contributed by atoms with Crippen LogP contribution in [0.2, 0.25) is 5.02 Å². The van der Waals surface area contributed by atoms with Gasteiger partial charge in [-0.2, -0.15) is 0 Å². The average molecular weight is 298 g/mol. The first kappa shape index (κ1) is 15.1. The lowest BCUT2D eigenvalue weighted by molar-refractivity contribution is -0.883. The standard InChI is InChI=1S/C15H21ClN2O2/c1-11-8-13(9-12(2)15(11)16)20-10-14(19)18-6-4-17(3)5-7-18/h8-9H,4-7,10H2,1-3H3/p+1. The van der Waals surface area contributed by atoms with Crippen LogP contribution in [0.5, 0.6) is 5.75 Å². The van der Waals surface area contributed by atoms with Crippen molar-refractivity contribution in [2.24, 2.45) is 0 Å². The lowest BCUT2D eigenvalue weighted by Crippen LogP contribution is -3.12. The third-order valence-corrected chi connectivity index (χ3v) is 4.34. The summed E-state index contributed by atoms with van der Waals surface area (Å²) in [4.78, 5) is 15.4. The lowest BCUT2D eigenvalue weighted by atomic mass is 10.1. The van der Waals surface area contributed by atoms with Gasteiger partial charge in [0.2, 0.25) is 0 Å². The van der Waals surface area contributed by atoms with Gasteiger partial charge in [0.25, 0.3) is 5.91 Å². The summed E-state index contributed by atoms with van der Waals surface area (Å²) in [5.41, 5.74) is 1.94. The molecule has 0 bridgehead atoms. The fourth-order valence-electron chi connectivity index (χ4n) is 2.36. The Hall–Kier alpha value is -1.26. The molecule has 1 aliphatic heterocycles. The van der Waals surface area contributed by atoms with Gasteiger partial charge < -0.3 is 14.5 Å². The van der Waals surface area contributed by atoms with Crippen LogP contribution in [-0.2, 0) is 4.79 Å². The van der Waals surface area contributed by atoms with Crippen LogP contribution < -0.4 is 9.64 Å². The van der Waals surface area contributed by atoms with Crippen molar-refractivity contribution in [3.8, 4) is 5.75 Å². The van der Waals surface area contributed by atoms with E-state index < -0.39 is 0 Å². The smallest absolute Gasteiger partial charge is 0.260 e. The first-order valence-electron chi connectivity index (χ1n) is 6.96. The van der Waals surface area contributed by atoms with E-state index in [0.717, 1.165) is 42.3 Å². The molecule has 0 spiro atoms. The van der Waals surface area contributed by atoms with Crippen molar-refractivity contribution in [1.29, 1.82) is 0 Å². The highest BCUT2D eigenvalue weighted by Crippen LogP contribution is 2.25. The molecule has 1 saturated heterocycles. The minimum Gasteiger partial charge on any atom is -0.484 e. The molecule has 0 radical (unpaired) electrons. The van der Waals surface area contributed by atoms with Gasteiger partial charge in [-0.1, -0.05) is 11.6 Å². The molecule has 110 valence electrons. The number of hydrogen-bond donors (Lipinski definition) is 1. The van der Waals surface area contributed by atoms with Gasteiger partial charge in [0, 0.05) is 5.02 Å². The zero-order valence-electron chi connectivity index (χ0n) is 12.3. The normalized spacial score (nSPS) is 16.3. The van der Waals surface area contributed by atoms with E-state index in [2.05, 4.69) is 7.05 Å². The van der Waals surface area contributed by atoms with Gasteiger partial charge in [-0.25, -0.2) is 0 Å². The number of likely N-dealkylation sites (N-methyl/N-ethyl adjacent to an activating group) is 1. The van der Waals surface area contributed by atoms with Crippen LogP contribution in [0.3, 0.4) is 0 Å². The van der Waals surface area contributed by atoms with E-state index in [4.69, 9.17) is 16.3 Å². The predicted octanol–water partition coefficient (Wildman–Crippen LogP) is 0.693. The maximum absolute atomic E-state index is 12.1. The molecule has 0 atom stereocenters. The fourth-order valence-corrected chi connectivity index (χ4v) is 2.47. The molecule has 1 aliphatic rings. The average Bonchev–Trinajstić information content (AvgIpc) is 2.42. The van der Waals surface area contributed by atoms with E-state index >= 15 is 0 Å². The molecule has 0 aromatic heterocycles. The summed E-state index contributed by atoms with van der Waals surface area (Å²) in [6, 6.07) is 3.74. The molecule has 1 amide bonds. The molecule has 1 aromatic carbocycles. The van der Waals surface area contributed by atoms with Crippen LogP contribution in [-0.4, -0.2) is 50.6 Å². The van der Waals surface area contributed by atoms with Gasteiger partial charge >= 0.3 is 0 Å². The summed E-state index contributed by atoms with van der Waals surface area (Å²) in [6.07, 6.45) is 0. The van der Waals surface area contributed by atoms with Crippen LogP contribution >= 0.6 is 11.6 Å². The van der Waals surface area contributed by atoms with E-state index in [1.54, 1.807) is 0 Å². The summed E-state index contributed by atoms with van der Waals surface area (Å²) in [6.45, 7) is 7.61. The summed E-state index contributed by atoms with van der Waals surface area (Å²) >= 11 is 6.11. The number of hydrogen-bond acceptors (Lipinski definition) is 2. The number of amides is 1. The van der Waals surface area contributed by atoms with Gasteiger partial charge in [0.15, 0.2) is 6.61 Å². The zero-order valence-corrected chi connectivity index (χ0v) is 13.1. The van der Waals surface area contributed by atoms with Crippen LogP contribution in [0.4, 0.5) is 0 Å². The number of nitrogens with one attached hydrogen (secondary N) is 1. The second kappa shape index (κ2) is 6.46. The van der Waals surface area contributed by atoms with Gasteiger partial charge in [-0.15, -0.1) is 0 Å². The van der Waals surface area contributed by atoms with Gasteiger partial charge in [-0.3, -0.25) is 4.79 Å². The Morgan fingerprint density at radius 2 is 1.85 bits per heavy atom. The van der Waals surface area contributed by atoms with Gasteiger partial charge in [0.1, 0.15) is 5.75 Å². The number of rotatable bonds is 3. The molecule has 0 unspecified atom stereocenters. The SMILES string of the molecule is Cc1cc(OCC(=O)N2CC[NH+](C)CC2)cc(C)c1Cl. The van der Waals surface area contributed by atoms with Crippen LogP contribution in [0.15, 0.2) is 12.1 Å². The maximum atomic E-state index is 12.1. The van der Waals surface area contributed by atoms with Gasteiger partial charge in [0.05, 0.1) is 33.2 Å². The van der Waals surface area contributed by atoms with Crippen molar-refractivity contribution >= 4 is 17.5 Å². The maximum Gasteiger partial charge on any atom is 0.260 e. The summed E-state index contributed by atoms with van der Waals surface area (Å²) in [5.74, 6) is 0.764. The molecule has 1 N–H and O–H groups in total. The molecule has 1 fully saturated rings. The summed E-state index contributed by atoms with van der Waals surface area (Å²) < 4.78 is 5.61. The van der Waals surface area contributed by atoms with Crippen molar-refractivity contribution in [2.75, 3.05) is 39.8 Å². The monoisotopic (exact) mass is 297 g/mol. The molecule has 1 heterocycles. The molecule has 0 aliphatic carbocycles. The summed E-state index contributed by atoms with van der Waals surface area (Å²) in [7, 11) is 2.15. The molecular weight excluding hydrogens is 276 g/mol. The van der Waals surface area contributed by atoms with Gasteiger partial charge in [-0.05, 0) is 37.1 Å². The van der Waals surface area contributed by atoms with Crippen molar-refractivity contribution < 1.29 is 14.4 Å². The number of aryl methyl sites for hydroxylation is 2. The van der Waals surface area contributed by atoms with Crippen LogP contribution in [0.25, 0.3) is 0 Å². The van der Waals surface area contributed by atoms with Crippen molar-refractivity contribution in [2.45, 2.75) is 13.8 Å². The first-order valence-corrected chi connectivity index (χ1v) is 7.34. The number of carbonyl (C=O) groups is 1. The number of nitrogens with zero attached hydrogens (tertiary/aromatic N) is 1. The predicted molar refractivity (Wildman–Crippen MR) is 79.6 cm³/mol. The largest absolute Gasteiger partial charge is 0.484 e. The topological polar surface area (TPSA) is 34.0 Å². The van der Waals surface area contributed by atoms with Crippen molar-refractivity contribution in [1.82, 2.24) is 4.90 Å². The second-order valence-electron chi connectivity index (χ2n) is 5.50. The highest BCUT2D eigenvalue weighted by molar-refractivity contribution is 6.32. The van der Waals surface area contributed by atoms with Crippen molar-refractivity contribution in [3.63, 3.8) is 0 Å². The van der Waals surface area contributed by atoms with Crippen LogP contribution in [0, 0.1) is 13.8 Å². The molecule has 0 saturated carbocycles. The Morgan fingerprint density at radius 1 is 1.30 bits per heavy atom. The van der Waals surface area contributed by atoms with E-state index in [0.29, 0.717) is 5.75 Å². The second-order valence-corrected chi connectivity index (χ2v) is 5.88. The third kappa shape index (κ3) is 3.64. The summed E-state index contributed by atoms with van der Waals surface area (Å²) in [5, 5.41) is 0.755. The third-order valence-electron chi connectivity index (χ3n) is 3.74. The number of quaternary nitrogens is 1. The van der Waals surface area contributed by atoms with Crippen LogP contribution in [0.1, 0.15) is 11.1 Å². The van der Waals surface area contributed by atoms with E-state index in [-0.39, 0.29) is 12.5 Å². The Bertz CT molecular complexity index is 474. The molecule has 5 heteroatoms. The number of ether oxygens (including phenoxy) is 1. The quantitative estimate of drug-likeness (QED) is 0.891. The number of halogens is 1. The van der Waals surface area contributed by atoms with Crippen molar-refractivity contribution in [3.05, 3.63) is 28.3 Å².